The van der Waals surface area contributed by atoms with E-state index in [1.165, 1.54) is 0 Å². The van der Waals surface area contributed by atoms with Crippen molar-refractivity contribution in [2.45, 2.75) is 20.3 Å². The predicted molar refractivity (Wildman–Crippen MR) is 73.1 cm³/mol. The average Bonchev–Trinajstić information content (AvgIpc) is 2.18. The molecule has 0 heterocycles. The van der Waals surface area contributed by atoms with E-state index in [4.69, 9.17) is 11.6 Å². The van der Waals surface area contributed by atoms with Gasteiger partial charge in [0.2, 0.25) is 10.0 Å². The molecule has 5 heteroatoms. The zero-order valence-electron chi connectivity index (χ0n) is 10.1. The molecule has 0 radical (unpaired) electrons. The molecule has 0 saturated heterocycles. The van der Waals surface area contributed by atoms with Crippen LogP contribution in [0, 0.1) is 5.92 Å². The van der Waals surface area contributed by atoms with Gasteiger partial charge in [-0.1, -0.05) is 26.0 Å². The number of hydrogen-bond acceptors (Lipinski definition) is 2. The van der Waals surface area contributed by atoms with E-state index < -0.39 is 10.0 Å². The van der Waals surface area contributed by atoms with Crippen molar-refractivity contribution in [3.05, 3.63) is 29.8 Å². The smallest absolute Gasteiger partial charge is 0.232 e. The average molecular weight is 276 g/mol. The lowest BCUT2D eigenvalue weighted by atomic mass is 10.2. The van der Waals surface area contributed by atoms with Crippen molar-refractivity contribution in [3.8, 4) is 0 Å². The van der Waals surface area contributed by atoms with Crippen LogP contribution in [0.1, 0.15) is 19.4 Å². The SMILES string of the molecule is CC(C)CS(=O)(=O)Nc1ccc(CCCl)cc1. The molecule has 0 aliphatic heterocycles. The van der Waals surface area contributed by atoms with Crippen molar-refractivity contribution in [1.82, 2.24) is 0 Å². The second-order valence-corrected chi connectivity index (χ2v) is 6.56. The van der Waals surface area contributed by atoms with E-state index in [1.807, 2.05) is 26.0 Å². The van der Waals surface area contributed by atoms with Gasteiger partial charge in [-0.3, -0.25) is 4.72 Å². The molecular weight excluding hydrogens is 258 g/mol. The highest BCUT2D eigenvalue weighted by atomic mass is 35.5. The standard InChI is InChI=1S/C12H18ClNO2S/c1-10(2)9-17(15,16)14-12-5-3-11(4-6-12)7-8-13/h3-6,10,14H,7-9H2,1-2H3. The maximum absolute atomic E-state index is 11.7. The van der Waals surface area contributed by atoms with Crippen LogP contribution in [0.5, 0.6) is 0 Å². The molecular formula is C12H18ClNO2S. The fourth-order valence-corrected chi connectivity index (χ4v) is 3.18. The largest absolute Gasteiger partial charge is 0.284 e. The molecule has 0 unspecified atom stereocenters. The van der Waals surface area contributed by atoms with Crippen molar-refractivity contribution in [2.24, 2.45) is 5.92 Å². The van der Waals surface area contributed by atoms with Crippen LogP contribution in [-0.4, -0.2) is 20.1 Å². The van der Waals surface area contributed by atoms with Gasteiger partial charge in [-0.05, 0) is 30.0 Å². The minimum absolute atomic E-state index is 0.114. The third-order valence-corrected chi connectivity index (χ3v) is 4.00. The van der Waals surface area contributed by atoms with Crippen molar-refractivity contribution in [2.75, 3.05) is 16.4 Å². The number of nitrogens with one attached hydrogen (secondary N) is 1. The number of halogens is 1. The van der Waals surface area contributed by atoms with Crippen LogP contribution in [0.25, 0.3) is 0 Å². The Labute approximate surface area is 108 Å². The maximum atomic E-state index is 11.7. The molecule has 1 aromatic rings. The number of alkyl halides is 1. The summed E-state index contributed by atoms with van der Waals surface area (Å²) in [6.45, 7) is 3.76. The molecule has 0 bridgehead atoms. The normalized spacial score (nSPS) is 11.8. The van der Waals surface area contributed by atoms with Crippen LogP contribution >= 0.6 is 11.6 Å². The third-order valence-electron chi connectivity index (χ3n) is 2.16. The van der Waals surface area contributed by atoms with Crippen LogP contribution in [0.3, 0.4) is 0 Å². The Morgan fingerprint density at radius 3 is 2.29 bits per heavy atom. The molecule has 17 heavy (non-hydrogen) atoms. The summed E-state index contributed by atoms with van der Waals surface area (Å²) in [6, 6.07) is 7.30. The number of anilines is 1. The highest BCUT2D eigenvalue weighted by molar-refractivity contribution is 7.92. The Morgan fingerprint density at radius 1 is 1.24 bits per heavy atom. The van der Waals surface area contributed by atoms with Gasteiger partial charge >= 0.3 is 0 Å². The molecule has 3 nitrogen and oxygen atoms in total. The highest BCUT2D eigenvalue weighted by Crippen LogP contribution is 2.13. The second-order valence-electron chi connectivity index (χ2n) is 4.41. The van der Waals surface area contributed by atoms with Gasteiger partial charge < -0.3 is 0 Å². The summed E-state index contributed by atoms with van der Waals surface area (Å²) >= 11 is 5.63. The van der Waals surface area contributed by atoms with Crippen molar-refractivity contribution < 1.29 is 8.42 Å². The lowest BCUT2D eigenvalue weighted by Crippen LogP contribution is -2.19. The monoisotopic (exact) mass is 275 g/mol. The fourth-order valence-electron chi connectivity index (χ4n) is 1.51. The number of hydrogen-bond donors (Lipinski definition) is 1. The van der Waals surface area contributed by atoms with Gasteiger partial charge in [0.1, 0.15) is 0 Å². The topological polar surface area (TPSA) is 46.2 Å². The van der Waals surface area contributed by atoms with E-state index >= 15 is 0 Å². The van der Waals surface area contributed by atoms with Gasteiger partial charge in [-0.2, -0.15) is 0 Å². The number of rotatable bonds is 6. The number of benzene rings is 1. The van der Waals surface area contributed by atoms with E-state index in [0.29, 0.717) is 11.6 Å². The predicted octanol–water partition coefficient (Wildman–Crippen LogP) is 2.87. The summed E-state index contributed by atoms with van der Waals surface area (Å²) in [5.41, 5.74) is 1.70. The van der Waals surface area contributed by atoms with Gasteiger partial charge in [-0.15, -0.1) is 11.6 Å². The first-order valence-corrected chi connectivity index (χ1v) is 7.77. The molecule has 1 N–H and O–H groups in total. The first-order valence-electron chi connectivity index (χ1n) is 5.58. The molecule has 0 atom stereocenters. The highest BCUT2D eigenvalue weighted by Gasteiger charge is 2.12. The lowest BCUT2D eigenvalue weighted by Gasteiger charge is -2.10. The van der Waals surface area contributed by atoms with Gasteiger partial charge in [-0.25, -0.2) is 8.42 Å². The zero-order valence-corrected chi connectivity index (χ0v) is 11.7. The Kier molecular flexibility index (Phi) is 5.28. The van der Waals surface area contributed by atoms with Crippen LogP contribution in [-0.2, 0) is 16.4 Å². The van der Waals surface area contributed by atoms with Crippen LogP contribution in [0.15, 0.2) is 24.3 Å². The Bertz CT molecular complexity index is 440. The van der Waals surface area contributed by atoms with Gasteiger partial charge in [0.15, 0.2) is 0 Å². The van der Waals surface area contributed by atoms with E-state index in [9.17, 15) is 8.42 Å². The van der Waals surface area contributed by atoms with Gasteiger partial charge in [0.05, 0.1) is 5.75 Å². The molecule has 0 fully saturated rings. The van der Waals surface area contributed by atoms with Crippen molar-refractivity contribution >= 4 is 27.3 Å². The van der Waals surface area contributed by atoms with Crippen LogP contribution in [0.2, 0.25) is 0 Å². The molecule has 0 amide bonds. The molecule has 0 aromatic heterocycles. The summed E-state index contributed by atoms with van der Waals surface area (Å²) < 4.78 is 25.9. The molecule has 0 aliphatic rings. The van der Waals surface area contributed by atoms with Gasteiger partial charge in [0, 0.05) is 11.6 Å². The van der Waals surface area contributed by atoms with Crippen molar-refractivity contribution in [1.29, 1.82) is 0 Å². The molecule has 96 valence electrons. The van der Waals surface area contributed by atoms with Crippen LogP contribution in [0.4, 0.5) is 5.69 Å². The Hall–Kier alpha value is -0.740. The Morgan fingerprint density at radius 2 is 1.82 bits per heavy atom. The second kappa shape index (κ2) is 6.26. The molecule has 0 saturated carbocycles. The number of aryl methyl sites for hydroxylation is 1. The van der Waals surface area contributed by atoms with E-state index in [0.717, 1.165) is 12.0 Å². The zero-order chi connectivity index (χ0) is 12.9. The fraction of sp³-hybridized carbons (Fsp3) is 0.500. The number of sulfonamides is 1. The maximum Gasteiger partial charge on any atom is 0.232 e. The van der Waals surface area contributed by atoms with Gasteiger partial charge in [0.25, 0.3) is 0 Å². The summed E-state index contributed by atoms with van der Waals surface area (Å²) in [7, 11) is -3.24. The molecule has 0 aliphatic carbocycles. The van der Waals surface area contributed by atoms with E-state index in [1.54, 1.807) is 12.1 Å². The molecule has 1 aromatic carbocycles. The van der Waals surface area contributed by atoms with Crippen LogP contribution < -0.4 is 4.72 Å². The summed E-state index contributed by atoms with van der Waals surface area (Å²) in [5.74, 6) is 0.817. The first kappa shape index (κ1) is 14.3. The minimum Gasteiger partial charge on any atom is -0.284 e. The molecule has 0 spiro atoms. The summed E-state index contributed by atoms with van der Waals surface area (Å²) in [4.78, 5) is 0. The summed E-state index contributed by atoms with van der Waals surface area (Å²) in [5, 5.41) is 0. The molecule has 1 rings (SSSR count). The van der Waals surface area contributed by atoms with E-state index in [2.05, 4.69) is 4.72 Å². The summed E-state index contributed by atoms with van der Waals surface area (Å²) in [6.07, 6.45) is 0.792. The lowest BCUT2D eigenvalue weighted by molar-refractivity contribution is 0.587. The third kappa shape index (κ3) is 5.41. The first-order chi connectivity index (χ1) is 7.93. The van der Waals surface area contributed by atoms with Crippen molar-refractivity contribution in [3.63, 3.8) is 0 Å². The van der Waals surface area contributed by atoms with E-state index in [-0.39, 0.29) is 11.7 Å². The minimum atomic E-state index is -3.24. The quantitative estimate of drug-likeness (QED) is 0.812. The Balaban J connectivity index is 2.69.